The van der Waals surface area contributed by atoms with Crippen LogP contribution in [0.15, 0.2) is 0 Å². The maximum absolute atomic E-state index is 11.4. The van der Waals surface area contributed by atoms with Crippen molar-refractivity contribution in [3.8, 4) is 0 Å². The predicted molar refractivity (Wildman–Crippen MR) is 42.8 cm³/mol. The quantitative estimate of drug-likeness (QED) is 0.554. The van der Waals surface area contributed by atoms with Gasteiger partial charge in [-0.2, -0.15) is 0 Å². The number of hydrogen-bond donors (Lipinski definition) is 1. The molecule has 3 N–H and O–H groups in total. The number of hydrogen-bond acceptors (Lipinski definition) is 1. The highest BCUT2D eigenvalue weighted by atomic mass is 16.2. The van der Waals surface area contributed by atoms with Crippen molar-refractivity contribution in [3.05, 3.63) is 0 Å². The number of carbonyl (C=O) groups excluding carboxylic acids is 1. The third kappa shape index (κ3) is 1.93. The molecule has 0 saturated carbocycles. The van der Waals surface area contributed by atoms with Gasteiger partial charge in [-0.1, -0.05) is 0 Å². The summed E-state index contributed by atoms with van der Waals surface area (Å²) in [4.78, 5) is 13.3. The Morgan fingerprint density at radius 1 is 1.64 bits per heavy atom. The van der Waals surface area contributed by atoms with E-state index in [1.807, 2.05) is 11.8 Å². The molecular weight excluding hydrogens is 140 g/mol. The Hall–Kier alpha value is -0.570. The largest absolute Gasteiger partial charge is 0.347 e. The third-order valence-corrected chi connectivity index (χ3v) is 2.27. The molecular formula is C8H17N2O+. The molecule has 0 aliphatic carbocycles. The van der Waals surface area contributed by atoms with Crippen LogP contribution in [0.1, 0.15) is 26.2 Å². The first-order valence-electron chi connectivity index (χ1n) is 4.37. The molecule has 1 aliphatic heterocycles. The van der Waals surface area contributed by atoms with Gasteiger partial charge in [-0.3, -0.25) is 4.79 Å². The first-order chi connectivity index (χ1) is 5.25. The van der Waals surface area contributed by atoms with E-state index in [0.717, 1.165) is 32.4 Å². The Kier molecular flexibility index (Phi) is 2.88. The fourth-order valence-corrected chi connectivity index (χ4v) is 1.50. The van der Waals surface area contributed by atoms with E-state index in [9.17, 15) is 4.79 Å². The lowest BCUT2D eigenvalue weighted by atomic mass is 10.1. The van der Waals surface area contributed by atoms with Gasteiger partial charge in [0.25, 0.3) is 5.91 Å². The highest BCUT2D eigenvalue weighted by Crippen LogP contribution is 2.08. The van der Waals surface area contributed by atoms with Crippen molar-refractivity contribution in [2.24, 2.45) is 0 Å². The van der Waals surface area contributed by atoms with E-state index in [4.69, 9.17) is 0 Å². The molecule has 0 bridgehead atoms. The summed E-state index contributed by atoms with van der Waals surface area (Å²) in [6, 6.07) is 0.0115. The van der Waals surface area contributed by atoms with Crippen LogP contribution in [-0.2, 0) is 4.79 Å². The van der Waals surface area contributed by atoms with E-state index in [0.29, 0.717) is 0 Å². The fourth-order valence-electron chi connectivity index (χ4n) is 1.50. The second-order valence-electron chi connectivity index (χ2n) is 3.11. The van der Waals surface area contributed by atoms with Gasteiger partial charge in [-0.05, 0) is 19.8 Å². The molecule has 1 aliphatic rings. The van der Waals surface area contributed by atoms with Crippen LogP contribution in [0.2, 0.25) is 0 Å². The highest BCUT2D eigenvalue weighted by molar-refractivity contribution is 5.80. The number of rotatable bonds is 1. The number of carbonyl (C=O) groups is 1. The minimum Gasteiger partial charge on any atom is -0.347 e. The minimum atomic E-state index is 0.0115. The zero-order valence-corrected chi connectivity index (χ0v) is 7.18. The summed E-state index contributed by atoms with van der Waals surface area (Å²) in [5.41, 5.74) is 3.85. The Labute approximate surface area is 67.5 Å². The van der Waals surface area contributed by atoms with E-state index >= 15 is 0 Å². The highest BCUT2D eigenvalue weighted by Gasteiger charge is 2.24. The number of likely N-dealkylation sites (N-methyl/N-ethyl adjacent to an activating group) is 1. The molecule has 1 heterocycles. The van der Waals surface area contributed by atoms with Gasteiger partial charge in [-0.25, -0.2) is 0 Å². The van der Waals surface area contributed by atoms with Crippen LogP contribution < -0.4 is 5.73 Å². The van der Waals surface area contributed by atoms with Crippen molar-refractivity contribution in [3.63, 3.8) is 0 Å². The van der Waals surface area contributed by atoms with Crippen molar-refractivity contribution in [2.75, 3.05) is 13.1 Å². The van der Waals surface area contributed by atoms with Crippen LogP contribution in [0.3, 0.4) is 0 Å². The Bertz CT molecular complexity index is 147. The molecule has 1 saturated heterocycles. The van der Waals surface area contributed by atoms with Gasteiger partial charge in [0.2, 0.25) is 0 Å². The Morgan fingerprint density at radius 2 is 2.36 bits per heavy atom. The molecule has 64 valence electrons. The summed E-state index contributed by atoms with van der Waals surface area (Å²) in [5.74, 6) is 0.241. The lowest BCUT2D eigenvalue weighted by Crippen LogP contribution is -2.67. The monoisotopic (exact) mass is 157 g/mol. The fraction of sp³-hybridized carbons (Fsp3) is 0.875. The molecule has 3 nitrogen and oxygen atoms in total. The second-order valence-corrected chi connectivity index (χ2v) is 3.11. The third-order valence-electron chi connectivity index (χ3n) is 2.27. The van der Waals surface area contributed by atoms with E-state index < -0.39 is 0 Å². The van der Waals surface area contributed by atoms with Gasteiger partial charge in [-0.15, -0.1) is 0 Å². The van der Waals surface area contributed by atoms with Crippen LogP contribution in [0.5, 0.6) is 0 Å². The molecule has 0 aromatic carbocycles. The summed E-state index contributed by atoms with van der Waals surface area (Å²) in [7, 11) is 0. The predicted octanol–water partition coefficient (Wildman–Crippen LogP) is -0.371. The zero-order chi connectivity index (χ0) is 8.27. The Morgan fingerprint density at radius 3 is 3.00 bits per heavy atom. The lowest BCUT2D eigenvalue weighted by molar-refractivity contribution is -0.406. The van der Waals surface area contributed by atoms with Gasteiger partial charge in [0.1, 0.15) is 0 Å². The lowest BCUT2D eigenvalue weighted by Gasteiger charge is -2.18. The summed E-state index contributed by atoms with van der Waals surface area (Å²) < 4.78 is 0. The molecule has 1 atom stereocenters. The topological polar surface area (TPSA) is 48.0 Å². The molecule has 3 heteroatoms. The minimum absolute atomic E-state index is 0.0115. The molecule has 1 rings (SSSR count). The summed E-state index contributed by atoms with van der Waals surface area (Å²) in [6.07, 6.45) is 3.26. The summed E-state index contributed by atoms with van der Waals surface area (Å²) in [5, 5.41) is 0. The first kappa shape index (κ1) is 8.53. The molecule has 1 fully saturated rings. The average molecular weight is 157 g/mol. The van der Waals surface area contributed by atoms with Crippen LogP contribution in [-0.4, -0.2) is 29.9 Å². The number of nitrogens with zero attached hydrogens (tertiary/aromatic N) is 1. The van der Waals surface area contributed by atoms with Crippen molar-refractivity contribution in [2.45, 2.75) is 32.2 Å². The van der Waals surface area contributed by atoms with E-state index in [2.05, 4.69) is 5.73 Å². The van der Waals surface area contributed by atoms with Crippen LogP contribution in [0.4, 0.5) is 0 Å². The standard InChI is InChI=1S/C8H16N2O/c1-2-10-6-4-3-5-7(9)8(10)11/h7H,2-6,9H2,1H3/p+1/t7-/m0/s1. The van der Waals surface area contributed by atoms with Crippen molar-refractivity contribution in [1.82, 2.24) is 4.90 Å². The molecule has 0 aromatic heterocycles. The van der Waals surface area contributed by atoms with Crippen LogP contribution >= 0.6 is 0 Å². The zero-order valence-electron chi connectivity index (χ0n) is 7.18. The van der Waals surface area contributed by atoms with Gasteiger partial charge in [0.05, 0.1) is 0 Å². The van der Waals surface area contributed by atoms with Crippen LogP contribution in [0, 0.1) is 0 Å². The van der Waals surface area contributed by atoms with Crippen LogP contribution in [0.25, 0.3) is 0 Å². The molecule has 0 unspecified atom stereocenters. The summed E-state index contributed by atoms with van der Waals surface area (Å²) >= 11 is 0. The number of likely N-dealkylation sites (tertiary alicyclic amines) is 1. The smallest absolute Gasteiger partial charge is 0.280 e. The summed E-state index contributed by atoms with van der Waals surface area (Å²) in [6.45, 7) is 3.79. The molecule has 1 amide bonds. The van der Waals surface area contributed by atoms with Crippen molar-refractivity contribution >= 4 is 5.91 Å². The van der Waals surface area contributed by atoms with E-state index in [1.165, 1.54) is 0 Å². The number of amides is 1. The maximum Gasteiger partial charge on any atom is 0.280 e. The van der Waals surface area contributed by atoms with Gasteiger partial charge < -0.3 is 10.6 Å². The number of quaternary nitrogens is 1. The molecule has 0 aromatic rings. The second kappa shape index (κ2) is 3.72. The Balaban J connectivity index is 2.56. The average Bonchev–Trinajstić information content (AvgIpc) is 2.16. The van der Waals surface area contributed by atoms with Gasteiger partial charge in [0, 0.05) is 19.5 Å². The van der Waals surface area contributed by atoms with Gasteiger partial charge >= 0.3 is 0 Å². The molecule has 0 radical (unpaired) electrons. The molecule has 0 spiro atoms. The van der Waals surface area contributed by atoms with Gasteiger partial charge in [0.15, 0.2) is 6.04 Å². The first-order valence-corrected chi connectivity index (χ1v) is 4.37. The van der Waals surface area contributed by atoms with Crippen molar-refractivity contribution < 1.29 is 10.5 Å². The SMILES string of the molecule is CCN1CCCC[C@H]([NH3+])C1=O. The van der Waals surface area contributed by atoms with E-state index in [-0.39, 0.29) is 11.9 Å². The van der Waals surface area contributed by atoms with E-state index in [1.54, 1.807) is 0 Å². The van der Waals surface area contributed by atoms with Crippen molar-refractivity contribution in [1.29, 1.82) is 0 Å². The maximum atomic E-state index is 11.4. The molecule has 11 heavy (non-hydrogen) atoms. The normalized spacial score (nSPS) is 26.9.